The van der Waals surface area contributed by atoms with Gasteiger partial charge in [0, 0.05) is 9.61 Å². The van der Waals surface area contributed by atoms with Gasteiger partial charge in [-0.15, -0.1) is 0 Å². The number of amides is 1. The molecule has 1 amide bonds. The van der Waals surface area contributed by atoms with E-state index in [1.165, 1.54) is 24.8 Å². The molecule has 3 unspecified atom stereocenters. The lowest BCUT2D eigenvalue weighted by atomic mass is 9.68. The minimum absolute atomic E-state index is 0.0925. The highest BCUT2D eigenvalue weighted by atomic mass is 127. The van der Waals surface area contributed by atoms with Gasteiger partial charge in [-0.25, -0.2) is 0 Å². The van der Waals surface area contributed by atoms with E-state index in [0.717, 1.165) is 15.1 Å². The molecular weight excluding hydrogens is 373 g/mol. The van der Waals surface area contributed by atoms with E-state index in [9.17, 15) is 4.79 Å². The van der Waals surface area contributed by atoms with Crippen LogP contribution in [0.25, 0.3) is 0 Å². The smallest absolute Gasteiger partial charge is 0.252 e. The molecule has 0 heterocycles. The summed E-state index contributed by atoms with van der Waals surface area (Å²) in [5.41, 5.74) is 2.47. The van der Waals surface area contributed by atoms with Crippen LogP contribution in [-0.4, -0.2) is 11.9 Å². The van der Waals surface area contributed by atoms with Crippen LogP contribution in [0, 0.1) is 27.2 Å². The minimum Gasteiger partial charge on any atom is -0.348 e. The normalized spacial score (nSPS) is 33.2. The highest BCUT2D eigenvalue weighted by Gasteiger charge is 2.59. The molecule has 3 heteroatoms. The van der Waals surface area contributed by atoms with E-state index in [1.807, 2.05) is 12.1 Å². The number of halogens is 1. The molecule has 2 aliphatic rings. The zero-order chi connectivity index (χ0) is 15.4. The third kappa shape index (κ3) is 2.32. The Morgan fingerprint density at radius 1 is 1.33 bits per heavy atom. The van der Waals surface area contributed by atoms with E-state index in [1.54, 1.807) is 0 Å². The van der Waals surface area contributed by atoms with Gasteiger partial charge in [-0.1, -0.05) is 32.9 Å². The van der Waals surface area contributed by atoms with Crippen LogP contribution in [0.15, 0.2) is 18.2 Å². The van der Waals surface area contributed by atoms with Crippen molar-refractivity contribution in [2.45, 2.75) is 53.0 Å². The van der Waals surface area contributed by atoms with Gasteiger partial charge in [0.25, 0.3) is 5.91 Å². The molecule has 0 aromatic heterocycles. The summed E-state index contributed by atoms with van der Waals surface area (Å²) in [5.74, 6) is 0.847. The van der Waals surface area contributed by atoms with Crippen molar-refractivity contribution in [2.24, 2.45) is 16.7 Å². The molecule has 3 atom stereocenters. The van der Waals surface area contributed by atoms with Crippen LogP contribution >= 0.6 is 22.6 Å². The van der Waals surface area contributed by atoms with Gasteiger partial charge in [-0.3, -0.25) is 4.79 Å². The summed E-state index contributed by atoms with van der Waals surface area (Å²) in [6.07, 6.45) is 3.82. The molecule has 1 N–H and O–H groups in total. The van der Waals surface area contributed by atoms with Crippen LogP contribution in [0.1, 0.15) is 56.0 Å². The van der Waals surface area contributed by atoms with Crippen molar-refractivity contribution in [3.63, 3.8) is 0 Å². The molecule has 0 radical (unpaired) electrons. The Balaban J connectivity index is 1.87. The molecule has 1 aromatic carbocycles. The Labute approximate surface area is 141 Å². The maximum atomic E-state index is 12.8. The van der Waals surface area contributed by atoms with Crippen LogP contribution in [0.3, 0.4) is 0 Å². The average Bonchev–Trinajstić information content (AvgIpc) is 2.89. The third-order valence-electron chi connectivity index (χ3n) is 5.98. The molecule has 2 aliphatic carbocycles. The molecule has 2 bridgehead atoms. The summed E-state index contributed by atoms with van der Waals surface area (Å²) < 4.78 is 1.07. The van der Waals surface area contributed by atoms with Crippen molar-refractivity contribution in [3.8, 4) is 0 Å². The van der Waals surface area contributed by atoms with Crippen molar-refractivity contribution in [2.75, 3.05) is 0 Å². The Morgan fingerprint density at radius 3 is 2.67 bits per heavy atom. The fraction of sp³-hybridized carbons (Fsp3) is 0.611. The van der Waals surface area contributed by atoms with Crippen molar-refractivity contribution in [1.82, 2.24) is 5.32 Å². The van der Waals surface area contributed by atoms with Crippen LogP contribution in [0.4, 0.5) is 0 Å². The summed E-state index contributed by atoms with van der Waals surface area (Å²) >= 11 is 2.28. The number of hydrogen-bond acceptors (Lipinski definition) is 1. The van der Waals surface area contributed by atoms with Crippen LogP contribution in [-0.2, 0) is 0 Å². The number of fused-ring (bicyclic) bond motifs is 2. The van der Waals surface area contributed by atoms with Gasteiger partial charge >= 0.3 is 0 Å². The Bertz CT molecular complexity index is 590. The molecule has 1 aromatic rings. The van der Waals surface area contributed by atoms with Crippen LogP contribution < -0.4 is 5.32 Å². The number of hydrogen-bond donors (Lipinski definition) is 1. The number of carbonyl (C=O) groups excluding carboxylic acids is 1. The van der Waals surface area contributed by atoms with E-state index >= 15 is 0 Å². The van der Waals surface area contributed by atoms with E-state index in [2.05, 4.69) is 61.7 Å². The molecule has 2 fully saturated rings. The largest absolute Gasteiger partial charge is 0.348 e. The second-order valence-corrected chi connectivity index (χ2v) is 8.84. The monoisotopic (exact) mass is 397 g/mol. The molecule has 2 saturated carbocycles. The number of rotatable bonds is 2. The lowest BCUT2D eigenvalue weighted by molar-refractivity contribution is 0.0736. The Kier molecular flexibility index (Phi) is 3.62. The molecular formula is C18H24INO. The van der Waals surface area contributed by atoms with Gasteiger partial charge in [0.2, 0.25) is 0 Å². The first-order valence-corrected chi connectivity index (χ1v) is 8.89. The fourth-order valence-electron chi connectivity index (χ4n) is 4.69. The third-order valence-corrected chi connectivity index (χ3v) is 7.41. The van der Waals surface area contributed by atoms with Crippen molar-refractivity contribution in [1.29, 1.82) is 0 Å². The first-order chi connectivity index (χ1) is 9.75. The first-order valence-electron chi connectivity index (χ1n) is 7.82. The maximum absolute atomic E-state index is 12.8. The van der Waals surface area contributed by atoms with Gasteiger partial charge in [0.05, 0.1) is 5.56 Å². The lowest BCUT2D eigenvalue weighted by Crippen LogP contribution is -2.52. The topological polar surface area (TPSA) is 29.1 Å². The molecule has 3 rings (SSSR count). The SMILES string of the molecule is Cc1cccc(C(=O)NC2C3(C)CCC(C3)C2(C)C)c1I. The van der Waals surface area contributed by atoms with Gasteiger partial charge in [-0.2, -0.15) is 0 Å². The number of carbonyl (C=O) groups is 1. The highest BCUT2D eigenvalue weighted by Crippen LogP contribution is 2.62. The minimum atomic E-state index is 0.0925. The fourth-order valence-corrected chi connectivity index (χ4v) is 5.30. The predicted octanol–water partition coefficient (Wildman–Crippen LogP) is 4.54. The molecule has 21 heavy (non-hydrogen) atoms. The molecule has 2 nitrogen and oxygen atoms in total. The average molecular weight is 397 g/mol. The first kappa shape index (κ1) is 15.3. The van der Waals surface area contributed by atoms with Crippen LogP contribution in [0.5, 0.6) is 0 Å². The van der Waals surface area contributed by atoms with E-state index < -0.39 is 0 Å². The summed E-state index contributed by atoms with van der Waals surface area (Å²) in [5, 5.41) is 3.38. The molecule has 0 spiro atoms. The van der Waals surface area contributed by atoms with E-state index in [-0.39, 0.29) is 22.8 Å². The Morgan fingerprint density at radius 2 is 2.05 bits per heavy atom. The summed E-state index contributed by atoms with van der Waals surface area (Å²) in [6, 6.07) is 6.25. The van der Waals surface area contributed by atoms with E-state index in [4.69, 9.17) is 0 Å². The van der Waals surface area contributed by atoms with Crippen LogP contribution in [0.2, 0.25) is 0 Å². The van der Waals surface area contributed by atoms with E-state index in [0.29, 0.717) is 0 Å². The van der Waals surface area contributed by atoms with Gasteiger partial charge in [0.1, 0.15) is 0 Å². The standard InChI is InChI=1S/C18H24INO/c1-11-6-5-7-13(14(11)19)15(21)20-16-17(2,3)12-8-9-18(16,4)10-12/h5-7,12,16H,8-10H2,1-4H3,(H,20,21). The zero-order valence-corrected chi connectivity index (χ0v) is 15.5. The quantitative estimate of drug-likeness (QED) is 0.730. The van der Waals surface area contributed by atoms with Gasteiger partial charge < -0.3 is 5.32 Å². The van der Waals surface area contributed by atoms with Crippen molar-refractivity contribution >= 4 is 28.5 Å². The second-order valence-electron chi connectivity index (χ2n) is 7.76. The summed E-state index contributed by atoms with van der Waals surface area (Å²) in [6.45, 7) is 9.07. The summed E-state index contributed by atoms with van der Waals surface area (Å²) in [7, 11) is 0. The summed E-state index contributed by atoms with van der Waals surface area (Å²) in [4.78, 5) is 12.8. The number of nitrogens with one attached hydrogen (secondary N) is 1. The molecule has 0 aliphatic heterocycles. The lowest BCUT2D eigenvalue weighted by Gasteiger charge is -2.43. The van der Waals surface area contributed by atoms with Gasteiger partial charge in [0.15, 0.2) is 0 Å². The molecule has 114 valence electrons. The Hall–Kier alpha value is -0.580. The predicted molar refractivity (Wildman–Crippen MR) is 94.4 cm³/mol. The van der Waals surface area contributed by atoms with Gasteiger partial charge in [-0.05, 0) is 77.2 Å². The van der Waals surface area contributed by atoms with Crippen molar-refractivity contribution in [3.05, 3.63) is 32.9 Å². The zero-order valence-electron chi connectivity index (χ0n) is 13.3. The maximum Gasteiger partial charge on any atom is 0.252 e. The number of aryl methyl sites for hydroxylation is 1. The highest BCUT2D eigenvalue weighted by molar-refractivity contribution is 14.1. The van der Waals surface area contributed by atoms with Crippen molar-refractivity contribution < 1.29 is 4.79 Å². The molecule has 0 saturated heterocycles. The number of benzene rings is 1. The second kappa shape index (κ2) is 4.97.